The van der Waals surface area contributed by atoms with Gasteiger partial charge in [-0.25, -0.2) is 0 Å². The first-order valence-electron chi connectivity index (χ1n) is 5.48. The number of hydrogen-bond acceptors (Lipinski definition) is 2. The SMILES string of the molecule is CC1(C2(C)CCC(CCN)O2)CC1. The van der Waals surface area contributed by atoms with Crippen LogP contribution in [-0.2, 0) is 4.74 Å². The molecule has 2 fully saturated rings. The fraction of sp³-hybridized carbons (Fsp3) is 1.00. The summed E-state index contributed by atoms with van der Waals surface area (Å²) in [6, 6.07) is 0. The first-order valence-corrected chi connectivity index (χ1v) is 5.48. The molecule has 1 saturated heterocycles. The molecular weight excluding hydrogens is 162 g/mol. The van der Waals surface area contributed by atoms with Crippen molar-refractivity contribution < 1.29 is 4.74 Å². The third-order valence-corrected chi connectivity index (χ3v) is 4.14. The maximum absolute atomic E-state index is 6.14. The van der Waals surface area contributed by atoms with Crippen LogP contribution in [0.2, 0.25) is 0 Å². The van der Waals surface area contributed by atoms with Crippen molar-refractivity contribution in [1.29, 1.82) is 0 Å². The Hall–Kier alpha value is -0.0800. The van der Waals surface area contributed by atoms with Gasteiger partial charge in [0, 0.05) is 0 Å². The molecule has 0 aromatic heterocycles. The zero-order chi connectivity index (χ0) is 9.53. The van der Waals surface area contributed by atoms with Crippen molar-refractivity contribution in [1.82, 2.24) is 0 Å². The molecule has 1 heterocycles. The molecule has 2 aliphatic rings. The van der Waals surface area contributed by atoms with E-state index < -0.39 is 0 Å². The van der Waals surface area contributed by atoms with E-state index in [-0.39, 0.29) is 5.60 Å². The van der Waals surface area contributed by atoms with Crippen LogP contribution < -0.4 is 5.73 Å². The first kappa shape index (κ1) is 9.47. The predicted octanol–water partition coefficient (Wildman–Crippen LogP) is 2.07. The number of ether oxygens (including phenoxy) is 1. The molecule has 2 rings (SSSR count). The van der Waals surface area contributed by atoms with Crippen molar-refractivity contribution in [3.63, 3.8) is 0 Å². The molecule has 0 bridgehead atoms. The highest BCUT2D eigenvalue weighted by Gasteiger charge is 2.56. The number of hydrogen-bond donors (Lipinski definition) is 1. The quantitative estimate of drug-likeness (QED) is 0.727. The summed E-state index contributed by atoms with van der Waals surface area (Å²) < 4.78 is 6.14. The summed E-state index contributed by atoms with van der Waals surface area (Å²) in [4.78, 5) is 0. The Balaban J connectivity index is 1.96. The molecule has 0 spiro atoms. The summed E-state index contributed by atoms with van der Waals surface area (Å²) in [5, 5.41) is 0. The second-order valence-electron chi connectivity index (χ2n) is 5.15. The minimum absolute atomic E-state index is 0.160. The number of nitrogens with two attached hydrogens (primary N) is 1. The van der Waals surface area contributed by atoms with Gasteiger partial charge in [-0.2, -0.15) is 0 Å². The molecule has 0 aromatic carbocycles. The Morgan fingerprint density at radius 3 is 2.54 bits per heavy atom. The van der Waals surface area contributed by atoms with E-state index in [1.165, 1.54) is 25.7 Å². The third kappa shape index (κ3) is 1.50. The fourth-order valence-electron chi connectivity index (χ4n) is 2.47. The van der Waals surface area contributed by atoms with Crippen LogP contribution in [0.3, 0.4) is 0 Å². The minimum Gasteiger partial charge on any atom is -0.371 e. The third-order valence-electron chi connectivity index (χ3n) is 4.14. The van der Waals surface area contributed by atoms with E-state index in [0.717, 1.165) is 13.0 Å². The predicted molar refractivity (Wildman–Crippen MR) is 53.5 cm³/mol. The van der Waals surface area contributed by atoms with Crippen LogP contribution in [0.4, 0.5) is 0 Å². The molecule has 0 aromatic rings. The molecule has 0 radical (unpaired) electrons. The van der Waals surface area contributed by atoms with Crippen molar-refractivity contribution in [3.8, 4) is 0 Å². The maximum Gasteiger partial charge on any atom is 0.0712 e. The molecule has 1 aliphatic heterocycles. The molecule has 13 heavy (non-hydrogen) atoms. The van der Waals surface area contributed by atoms with Crippen LogP contribution in [-0.4, -0.2) is 18.2 Å². The Bertz CT molecular complexity index is 200. The van der Waals surface area contributed by atoms with Crippen LogP contribution in [0, 0.1) is 5.41 Å². The Morgan fingerprint density at radius 2 is 2.00 bits per heavy atom. The fourth-order valence-corrected chi connectivity index (χ4v) is 2.47. The van der Waals surface area contributed by atoms with Gasteiger partial charge in [0.25, 0.3) is 0 Å². The molecule has 76 valence electrons. The summed E-state index contributed by atoms with van der Waals surface area (Å²) in [7, 11) is 0. The highest BCUT2D eigenvalue weighted by molar-refractivity contribution is 5.06. The zero-order valence-electron chi connectivity index (χ0n) is 8.81. The molecule has 2 unspecified atom stereocenters. The maximum atomic E-state index is 6.14. The van der Waals surface area contributed by atoms with Gasteiger partial charge in [0.2, 0.25) is 0 Å². The largest absolute Gasteiger partial charge is 0.371 e. The van der Waals surface area contributed by atoms with Crippen molar-refractivity contribution in [2.45, 2.75) is 57.7 Å². The van der Waals surface area contributed by atoms with E-state index in [4.69, 9.17) is 10.5 Å². The highest BCUT2D eigenvalue weighted by atomic mass is 16.5. The Kier molecular flexibility index (Phi) is 2.16. The van der Waals surface area contributed by atoms with E-state index >= 15 is 0 Å². The average molecular weight is 183 g/mol. The van der Waals surface area contributed by atoms with Gasteiger partial charge < -0.3 is 10.5 Å². The highest BCUT2D eigenvalue weighted by Crippen LogP contribution is 2.59. The summed E-state index contributed by atoms with van der Waals surface area (Å²) in [6.45, 7) is 5.41. The van der Waals surface area contributed by atoms with Gasteiger partial charge in [-0.3, -0.25) is 0 Å². The number of rotatable bonds is 3. The molecular formula is C11H21NO. The summed E-state index contributed by atoms with van der Waals surface area (Å²) >= 11 is 0. The average Bonchev–Trinajstić information content (AvgIpc) is 2.71. The van der Waals surface area contributed by atoms with Crippen molar-refractivity contribution >= 4 is 0 Å². The molecule has 2 N–H and O–H groups in total. The van der Waals surface area contributed by atoms with Crippen LogP contribution in [0.1, 0.15) is 46.0 Å². The van der Waals surface area contributed by atoms with E-state index in [2.05, 4.69) is 13.8 Å². The van der Waals surface area contributed by atoms with Gasteiger partial charge in [0.05, 0.1) is 11.7 Å². The molecule has 2 nitrogen and oxygen atoms in total. The monoisotopic (exact) mass is 183 g/mol. The van der Waals surface area contributed by atoms with Gasteiger partial charge in [0.15, 0.2) is 0 Å². The topological polar surface area (TPSA) is 35.2 Å². The van der Waals surface area contributed by atoms with Gasteiger partial charge in [-0.15, -0.1) is 0 Å². The van der Waals surface area contributed by atoms with E-state index in [0.29, 0.717) is 11.5 Å². The lowest BCUT2D eigenvalue weighted by Crippen LogP contribution is -2.34. The van der Waals surface area contributed by atoms with Gasteiger partial charge in [-0.05, 0) is 51.0 Å². The summed E-state index contributed by atoms with van der Waals surface area (Å²) in [5.41, 5.74) is 6.18. The molecule has 1 saturated carbocycles. The van der Waals surface area contributed by atoms with Crippen molar-refractivity contribution in [2.75, 3.05) is 6.54 Å². The second kappa shape index (κ2) is 2.96. The summed E-state index contributed by atoms with van der Waals surface area (Å²) in [5.74, 6) is 0. The van der Waals surface area contributed by atoms with Crippen LogP contribution >= 0.6 is 0 Å². The second-order valence-corrected chi connectivity index (χ2v) is 5.15. The lowest BCUT2D eigenvalue weighted by atomic mass is 9.85. The zero-order valence-corrected chi connectivity index (χ0v) is 8.81. The first-order chi connectivity index (χ1) is 6.10. The van der Waals surface area contributed by atoms with Crippen LogP contribution in [0.5, 0.6) is 0 Å². The minimum atomic E-state index is 0.160. The smallest absolute Gasteiger partial charge is 0.0712 e. The Labute approximate surface area is 80.8 Å². The van der Waals surface area contributed by atoms with Crippen molar-refractivity contribution in [2.24, 2.45) is 11.1 Å². The molecule has 2 heteroatoms. The van der Waals surface area contributed by atoms with E-state index in [1.807, 2.05) is 0 Å². The standard InChI is InChI=1S/C11H21NO/c1-10(6-7-10)11(2)5-3-9(13-11)4-8-12/h9H,3-8,12H2,1-2H3. The van der Waals surface area contributed by atoms with Crippen LogP contribution in [0.15, 0.2) is 0 Å². The molecule has 2 atom stereocenters. The Morgan fingerprint density at radius 1 is 1.31 bits per heavy atom. The van der Waals surface area contributed by atoms with Crippen LogP contribution in [0.25, 0.3) is 0 Å². The van der Waals surface area contributed by atoms with Gasteiger partial charge >= 0.3 is 0 Å². The lowest BCUT2D eigenvalue weighted by Gasteiger charge is -2.32. The van der Waals surface area contributed by atoms with E-state index in [9.17, 15) is 0 Å². The summed E-state index contributed by atoms with van der Waals surface area (Å²) in [6.07, 6.45) is 6.60. The van der Waals surface area contributed by atoms with Gasteiger partial charge in [0.1, 0.15) is 0 Å². The van der Waals surface area contributed by atoms with E-state index in [1.54, 1.807) is 0 Å². The molecule has 1 aliphatic carbocycles. The normalized spacial score (nSPS) is 42.2. The lowest BCUT2D eigenvalue weighted by molar-refractivity contribution is -0.0736. The molecule has 0 amide bonds. The van der Waals surface area contributed by atoms with Gasteiger partial charge in [-0.1, -0.05) is 6.92 Å². The van der Waals surface area contributed by atoms with Crippen molar-refractivity contribution in [3.05, 3.63) is 0 Å².